The highest BCUT2D eigenvalue weighted by Gasteiger charge is 2.63. The SMILES string of the molecule is COc1ccc(-c2oc3c(c2CC(=O)NCC(=O)Nc2ccccn2)C(=O)C2(Oc4c(Cl)c(OC)cc(OC)c4C2=O)C(C)C3)cc1. The molecule has 13 heteroatoms. The monoisotopic (exact) mass is 659 g/mol. The van der Waals surface area contributed by atoms with Crippen LogP contribution in [0.1, 0.15) is 39.0 Å². The molecule has 4 aromatic rings. The van der Waals surface area contributed by atoms with Crippen molar-refractivity contribution in [2.45, 2.75) is 25.4 Å². The predicted octanol–water partition coefficient (Wildman–Crippen LogP) is 4.71. The number of methoxy groups -OCH3 is 3. The molecule has 242 valence electrons. The van der Waals surface area contributed by atoms with Gasteiger partial charge in [-0.3, -0.25) is 19.2 Å². The molecule has 0 saturated carbocycles. The van der Waals surface area contributed by atoms with Crippen LogP contribution in [0, 0.1) is 5.92 Å². The minimum atomic E-state index is -2.01. The molecule has 6 rings (SSSR count). The molecular weight excluding hydrogens is 630 g/mol. The predicted molar refractivity (Wildman–Crippen MR) is 170 cm³/mol. The molecule has 2 aromatic heterocycles. The number of Topliss-reactive ketones (excluding diaryl/α,β-unsaturated/α-hetero) is 2. The van der Waals surface area contributed by atoms with Crippen LogP contribution in [-0.2, 0) is 22.4 Å². The minimum Gasteiger partial charge on any atom is -0.497 e. The summed E-state index contributed by atoms with van der Waals surface area (Å²) in [5, 5.41) is 5.21. The first-order valence-electron chi connectivity index (χ1n) is 14.6. The van der Waals surface area contributed by atoms with E-state index < -0.39 is 34.9 Å². The Bertz CT molecular complexity index is 1910. The number of hydrogen-bond donors (Lipinski definition) is 2. The molecule has 2 atom stereocenters. The van der Waals surface area contributed by atoms with Gasteiger partial charge < -0.3 is 34.0 Å². The Labute approximate surface area is 274 Å². The van der Waals surface area contributed by atoms with Crippen LogP contribution >= 0.6 is 11.6 Å². The summed E-state index contributed by atoms with van der Waals surface area (Å²) >= 11 is 6.58. The van der Waals surface area contributed by atoms with Crippen LogP contribution in [0.5, 0.6) is 23.0 Å². The van der Waals surface area contributed by atoms with Crippen LogP contribution in [0.4, 0.5) is 5.82 Å². The van der Waals surface area contributed by atoms with Crippen molar-refractivity contribution < 1.29 is 42.5 Å². The van der Waals surface area contributed by atoms with Crippen LogP contribution in [0.3, 0.4) is 0 Å². The fourth-order valence-electron chi connectivity index (χ4n) is 6.00. The smallest absolute Gasteiger partial charge is 0.244 e. The number of furan rings is 1. The molecule has 1 aliphatic carbocycles. The summed E-state index contributed by atoms with van der Waals surface area (Å²) in [6.45, 7) is 1.36. The number of hydrogen-bond acceptors (Lipinski definition) is 10. The highest BCUT2D eigenvalue weighted by Crippen LogP contribution is 2.54. The molecule has 0 fully saturated rings. The van der Waals surface area contributed by atoms with Crippen LogP contribution in [0.2, 0.25) is 5.02 Å². The van der Waals surface area contributed by atoms with Gasteiger partial charge in [0.2, 0.25) is 29.0 Å². The zero-order valence-electron chi connectivity index (χ0n) is 25.9. The van der Waals surface area contributed by atoms with Crippen molar-refractivity contribution in [1.29, 1.82) is 0 Å². The molecule has 0 radical (unpaired) electrons. The third-order valence-electron chi connectivity index (χ3n) is 8.32. The normalized spacial score (nSPS) is 17.9. The number of anilines is 1. The number of nitrogens with zero attached hydrogens (tertiary/aromatic N) is 1. The van der Waals surface area contributed by atoms with Gasteiger partial charge in [-0.15, -0.1) is 0 Å². The first-order chi connectivity index (χ1) is 22.6. The maximum atomic E-state index is 14.7. The summed E-state index contributed by atoms with van der Waals surface area (Å²) in [6.07, 6.45) is 1.32. The quantitative estimate of drug-likeness (QED) is 0.241. The van der Waals surface area contributed by atoms with Crippen LogP contribution in [0.25, 0.3) is 11.3 Å². The van der Waals surface area contributed by atoms with E-state index in [2.05, 4.69) is 15.6 Å². The molecule has 1 spiro atoms. The van der Waals surface area contributed by atoms with E-state index in [1.54, 1.807) is 49.4 Å². The Morgan fingerprint density at radius 3 is 2.36 bits per heavy atom. The van der Waals surface area contributed by atoms with Crippen molar-refractivity contribution in [3.05, 3.63) is 82.2 Å². The van der Waals surface area contributed by atoms with Gasteiger partial charge in [-0.2, -0.15) is 0 Å². The highest BCUT2D eigenvalue weighted by molar-refractivity contribution is 6.36. The molecule has 2 unspecified atom stereocenters. The first-order valence-corrected chi connectivity index (χ1v) is 15.0. The first kappa shape index (κ1) is 31.6. The Balaban J connectivity index is 1.38. The molecule has 12 nitrogen and oxygen atoms in total. The lowest BCUT2D eigenvalue weighted by Gasteiger charge is -2.35. The van der Waals surface area contributed by atoms with Gasteiger partial charge in [0.1, 0.15) is 45.2 Å². The number of ether oxygens (including phenoxy) is 4. The lowest BCUT2D eigenvalue weighted by atomic mass is 9.70. The van der Waals surface area contributed by atoms with E-state index in [1.165, 1.54) is 33.6 Å². The Morgan fingerprint density at radius 1 is 0.979 bits per heavy atom. The van der Waals surface area contributed by atoms with Crippen LogP contribution in [-0.4, -0.2) is 61.8 Å². The van der Waals surface area contributed by atoms with Crippen LogP contribution < -0.4 is 29.6 Å². The van der Waals surface area contributed by atoms with Gasteiger partial charge in [0, 0.05) is 35.7 Å². The van der Waals surface area contributed by atoms with E-state index in [-0.39, 0.29) is 64.1 Å². The third-order valence-corrected chi connectivity index (χ3v) is 8.67. The summed E-state index contributed by atoms with van der Waals surface area (Å²) < 4.78 is 28.7. The largest absolute Gasteiger partial charge is 0.497 e. The number of ketones is 2. The molecule has 2 aromatic carbocycles. The molecule has 3 heterocycles. The standard InChI is InChI=1S/C34H30ClN3O9/c1-17-13-22-27(32(41)34(17)33(42)28-21(44-3)15-23(45-4)29(35)31(28)47-34)20(30(46-22)18-8-10-19(43-2)11-9-18)14-25(39)37-16-26(40)38-24-7-5-6-12-36-24/h5-12,15,17H,13-14,16H2,1-4H3,(H,37,39)(H,36,38,40). The van der Waals surface area contributed by atoms with E-state index >= 15 is 0 Å². The van der Waals surface area contributed by atoms with Gasteiger partial charge in [0.05, 0.1) is 39.9 Å². The molecule has 47 heavy (non-hydrogen) atoms. The average Bonchev–Trinajstić information content (AvgIpc) is 3.59. The number of carbonyl (C=O) groups excluding carboxylic acids is 4. The van der Waals surface area contributed by atoms with E-state index in [0.717, 1.165) is 0 Å². The second-order valence-corrected chi connectivity index (χ2v) is 11.4. The molecule has 2 amide bonds. The number of fused-ring (bicyclic) bond motifs is 2. The number of halogens is 1. The summed E-state index contributed by atoms with van der Waals surface area (Å²) in [7, 11) is 4.33. The Morgan fingerprint density at radius 2 is 1.70 bits per heavy atom. The van der Waals surface area contributed by atoms with Crippen molar-refractivity contribution in [2.75, 3.05) is 33.2 Å². The third kappa shape index (κ3) is 5.34. The van der Waals surface area contributed by atoms with E-state index in [4.69, 9.17) is 35.0 Å². The van der Waals surface area contributed by atoms with Gasteiger partial charge in [-0.25, -0.2) is 4.98 Å². The van der Waals surface area contributed by atoms with Crippen molar-refractivity contribution >= 4 is 40.8 Å². The number of aromatic nitrogens is 1. The summed E-state index contributed by atoms with van der Waals surface area (Å²) in [4.78, 5) is 58.8. The molecule has 1 aliphatic heterocycles. The molecule has 0 saturated heterocycles. The number of pyridine rings is 1. The topological polar surface area (TPSA) is 155 Å². The van der Waals surface area contributed by atoms with Crippen molar-refractivity contribution in [2.24, 2.45) is 5.92 Å². The molecule has 2 aliphatic rings. The fourth-order valence-corrected chi connectivity index (χ4v) is 6.27. The number of benzene rings is 2. The molecule has 2 N–H and O–H groups in total. The highest BCUT2D eigenvalue weighted by atomic mass is 35.5. The van der Waals surface area contributed by atoms with E-state index in [9.17, 15) is 19.2 Å². The number of carbonyl (C=O) groups is 4. The Hall–Kier alpha value is -5.36. The maximum absolute atomic E-state index is 14.7. The van der Waals surface area contributed by atoms with Gasteiger partial charge >= 0.3 is 0 Å². The van der Waals surface area contributed by atoms with Crippen molar-refractivity contribution in [1.82, 2.24) is 10.3 Å². The van der Waals surface area contributed by atoms with Gasteiger partial charge in [-0.05, 0) is 36.4 Å². The lowest BCUT2D eigenvalue weighted by molar-refractivity contribution is -0.123. The number of rotatable bonds is 9. The average molecular weight is 660 g/mol. The second-order valence-electron chi connectivity index (χ2n) is 11.1. The minimum absolute atomic E-state index is 0.0198. The van der Waals surface area contributed by atoms with E-state index in [0.29, 0.717) is 22.9 Å². The molecular formula is C34H30ClN3O9. The Kier molecular flexibility index (Phi) is 8.37. The van der Waals surface area contributed by atoms with Crippen LogP contribution in [0.15, 0.2) is 59.1 Å². The maximum Gasteiger partial charge on any atom is 0.244 e. The zero-order valence-corrected chi connectivity index (χ0v) is 26.7. The fraction of sp³-hybridized carbons (Fsp3) is 0.265. The van der Waals surface area contributed by atoms with Crippen molar-refractivity contribution in [3.8, 4) is 34.3 Å². The summed E-state index contributed by atoms with van der Waals surface area (Å²) in [5.74, 6) is -1.21. The molecule has 0 bridgehead atoms. The van der Waals surface area contributed by atoms with Crippen molar-refractivity contribution in [3.63, 3.8) is 0 Å². The van der Waals surface area contributed by atoms with Gasteiger partial charge in [0.15, 0.2) is 5.75 Å². The summed E-state index contributed by atoms with van der Waals surface area (Å²) in [5.41, 5.74) is -1.11. The second kappa shape index (κ2) is 12.4. The van der Waals surface area contributed by atoms with E-state index in [1.807, 2.05) is 0 Å². The lowest BCUT2D eigenvalue weighted by Crippen LogP contribution is -2.56. The van der Waals surface area contributed by atoms with Gasteiger partial charge in [-0.1, -0.05) is 24.6 Å². The number of amides is 2. The number of nitrogens with one attached hydrogen (secondary N) is 2. The summed E-state index contributed by atoms with van der Waals surface area (Å²) in [6, 6.07) is 13.4. The zero-order chi connectivity index (χ0) is 33.5. The van der Waals surface area contributed by atoms with Gasteiger partial charge in [0.25, 0.3) is 0 Å².